The molecule has 0 atom stereocenters. The molecule has 104 valence electrons. The van der Waals surface area contributed by atoms with Crippen LogP contribution in [0.3, 0.4) is 0 Å². The van der Waals surface area contributed by atoms with E-state index in [0.29, 0.717) is 6.29 Å². The lowest BCUT2D eigenvalue weighted by molar-refractivity contribution is -0.385. The van der Waals surface area contributed by atoms with Crippen LogP contribution in [0.4, 0.5) is 5.69 Å². The van der Waals surface area contributed by atoms with Crippen molar-refractivity contribution in [3.63, 3.8) is 0 Å². The van der Waals surface area contributed by atoms with E-state index in [2.05, 4.69) is 0 Å². The van der Waals surface area contributed by atoms with Gasteiger partial charge in [-0.05, 0) is 24.6 Å². The normalized spacial score (nSPS) is 11.5. The van der Waals surface area contributed by atoms with Crippen LogP contribution in [-0.2, 0) is 5.41 Å². The van der Waals surface area contributed by atoms with Crippen LogP contribution in [0.5, 0.6) is 5.75 Å². The maximum atomic E-state index is 11.2. The van der Waals surface area contributed by atoms with E-state index in [1.165, 1.54) is 6.07 Å². The van der Waals surface area contributed by atoms with Crippen molar-refractivity contribution in [3.05, 3.63) is 33.4 Å². The maximum absolute atomic E-state index is 11.2. The van der Waals surface area contributed by atoms with Gasteiger partial charge in [0.1, 0.15) is 0 Å². The van der Waals surface area contributed by atoms with Crippen molar-refractivity contribution >= 4 is 21.0 Å². The van der Waals surface area contributed by atoms with Crippen LogP contribution in [0.25, 0.3) is 0 Å². The molecule has 6 heteroatoms. The Balaban J connectivity index is 3.63. The highest BCUT2D eigenvalue weighted by atomic mass is 28.3. The summed E-state index contributed by atoms with van der Waals surface area (Å²) in [7, 11) is -1.52. The minimum absolute atomic E-state index is 0.0580. The molecule has 5 nitrogen and oxygen atoms in total. The fraction of sp³-hybridized carbons (Fsp3) is 0.462. The molecule has 0 amide bonds. The third kappa shape index (κ3) is 3.41. The van der Waals surface area contributed by atoms with E-state index in [1.807, 2.05) is 33.9 Å². The molecule has 1 rings (SSSR count). The zero-order chi connectivity index (χ0) is 14.8. The Morgan fingerprint density at radius 2 is 1.89 bits per heavy atom. The molecule has 0 fully saturated rings. The highest BCUT2D eigenvalue weighted by Gasteiger charge is 2.30. The van der Waals surface area contributed by atoms with E-state index in [-0.39, 0.29) is 22.4 Å². The van der Waals surface area contributed by atoms with Gasteiger partial charge < -0.3 is 4.43 Å². The van der Waals surface area contributed by atoms with Gasteiger partial charge in [-0.3, -0.25) is 14.9 Å². The van der Waals surface area contributed by atoms with Gasteiger partial charge in [0.05, 0.1) is 10.5 Å². The molecule has 0 N–H and O–H groups in total. The molecule has 0 bridgehead atoms. The summed E-state index contributed by atoms with van der Waals surface area (Å²) in [5, 5.41) is 11.2. The van der Waals surface area contributed by atoms with E-state index >= 15 is 0 Å². The molecule has 0 aromatic heterocycles. The number of benzene rings is 1. The third-order valence-electron chi connectivity index (χ3n) is 2.63. The molecule has 0 heterocycles. The summed E-state index contributed by atoms with van der Waals surface area (Å²) in [5.74, 6) is 0.253. The van der Waals surface area contributed by atoms with Crippen LogP contribution in [0.15, 0.2) is 12.1 Å². The van der Waals surface area contributed by atoms with Gasteiger partial charge in [-0.1, -0.05) is 26.8 Å². The number of rotatable bonds is 4. The standard InChI is InChI=1S/C13H19NO4Si/c1-13(2,3)10-7-6-9(8-15)11(14(16)17)12(10)18-19(4)5/h6-8,19H,1-5H3. The van der Waals surface area contributed by atoms with Gasteiger partial charge in [0, 0.05) is 5.56 Å². The number of carbonyl (C=O) groups excluding carboxylic acids is 1. The molecule has 0 radical (unpaired) electrons. The van der Waals surface area contributed by atoms with Gasteiger partial charge in [0.15, 0.2) is 12.0 Å². The number of aldehydes is 1. The number of nitro benzene ring substituents is 1. The summed E-state index contributed by atoms with van der Waals surface area (Å²) in [6.45, 7) is 9.75. The van der Waals surface area contributed by atoms with Crippen LogP contribution in [-0.4, -0.2) is 20.2 Å². The molecular formula is C13H19NO4Si. The molecular weight excluding hydrogens is 262 g/mol. The van der Waals surface area contributed by atoms with Crippen LogP contribution in [0.2, 0.25) is 13.1 Å². The van der Waals surface area contributed by atoms with Gasteiger partial charge in [0.2, 0.25) is 9.04 Å². The Kier molecular flexibility index (Phi) is 4.46. The number of nitro groups is 1. The van der Waals surface area contributed by atoms with E-state index < -0.39 is 14.0 Å². The summed E-state index contributed by atoms with van der Waals surface area (Å²) >= 11 is 0. The van der Waals surface area contributed by atoms with Crippen molar-refractivity contribution in [1.29, 1.82) is 0 Å². The molecule has 0 saturated carbocycles. The average molecular weight is 281 g/mol. The van der Waals surface area contributed by atoms with Gasteiger partial charge in [-0.15, -0.1) is 0 Å². The van der Waals surface area contributed by atoms with Crippen LogP contribution in [0.1, 0.15) is 36.7 Å². The van der Waals surface area contributed by atoms with Crippen molar-refractivity contribution in [3.8, 4) is 5.75 Å². The number of hydrogen-bond acceptors (Lipinski definition) is 4. The summed E-state index contributed by atoms with van der Waals surface area (Å²) in [6.07, 6.45) is 0.499. The van der Waals surface area contributed by atoms with Crippen LogP contribution >= 0.6 is 0 Å². The third-order valence-corrected chi connectivity index (χ3v) is 3.34. The molecule has 0 aliphatic heterocycles. The first kappa shape index (κ1) is 15.4. The Hall–Kier alpha value is -1.69. The lowest BCUT2D eigenvalue weighted by atomic mass is 9.85. The Morgan fingerprint density at radius 3 is 2.26 bits per heavy atom. The second-order valence-corrected chi connectivity index (χ2v) is 8.00. The SMILES string of the molecule is C[SiH](C)Oc1c(C(C)(C)C)ccc(C=O)c1[N+](=O)[O-]. The fourth-order valence-electron chi connectivity index (χ4n) is 1.82. The monoisotopic (exact) mass is 281 g/mol. The van der Waals surface area contributed by atoms with Crippen LogP contribution in [0, 0.1) is 10.1 Å². The van der Waals surface area contributed by atoms with Crippen LogP contribution < -0.4 is 4.43 Å². The maximum Gasteiger partial charge on any atom is 0.320 e. The molecule has 0 spiro atoms. The van der Waals surface area contributed by atoms with Crippen molar-refractivity contribution < 1.29 is 14.1 Å². The molecule has 0 saturated heterocycles. The topological polar surface area (TPSA) is 69.4 Å². The first-order valence-corrected chi connectivity index (χ1v) is 8.90. The summed E-state index contributed by atoms with van der Waals surface area (Å²) < 4.78 is 5.75. The number of carbonyl (C=O) groups is 1. The van der Waals surface area contributed by atoms with Crippen molar-refractivity contribution in [2.24, 2.45) is 0 Å². The fourth-order valence-corrected chi connectivity index (χ4v) is 2.53. The van der Waals surface area contributed by atoms with E-state index in [0.717, 1.165) is 5.56 Å². The van der Waals surface area contributed by atoms with Crippen molar-refractivity contribution in [2.45, 2.75) is 39.3 Å². The highest BCUT2D eigenvalue weighted by Crippen LogP contribution is 2.40. The van der Waals surface area contributed by atoms with E-state index in [4.69, 9.17) is 4.43 Å². The van der Waals surface area contributed by atoms with Gasteiger partial charge in [-0.25, -0.2) is 0 Å². The first-order valence-electron chi connectivity index (χ1n) is 6.12. The van der Waals surface area contributed by atoms with Crippen molar-refractivity contribution in [2.75, 3.05) is 0 Å². The molecule has 0 unspecified atom stereocenters. The largest absolute Gasteiger partial charge is 0.542 e. The second-order valence-electron chi connectivity index (χ2n) is 5.67. The van der Waals surface area contributed by atoms with Crippen molar-refractivity contribution in [1.82, 2.24) is 0 Å². The second kappa shape index (κ2) is 5.52. The highest BCUT2D eigenvalue weighted by molar-refractivity contribution is 6.49. The molecule has 0 aliphatic rings. The molecule has 1 aromatic rings. The number of nitrogens with zero attached hydrogens (tertiary/aromatic N) is 1. The zero-order valence-electron chi connectivity index (χ0n) is 11.9. The molecule has 1 aromatic carbocycles. The van der Waals surface area contributed by atoms with Gasteiger partial charge >= 0.3 is 5.69 Å². The first-order chi connectivity index (χ1) is 8.68. The lowest BCUT2D eigenvalue weighted by Gasteiger charge is -2.24. The van der Waals surface area contributed by atoms with E-state index in [9.17, 15) is 14.9 Å². The van der Waals surface area contributed by atoms with E-state index in [1.54, 1.807) is 6.07 Å². The Morgan fingerprint density at radius 1 is 1.32 bits per heavy atom. The number of hydrogen-bond donors (Lipinski definition) is 0. The minimum Gasteiger partial charge on any atom is -0.542 e. The predicted molar refractivity (Wildman–Crippen MR) is 76.7 cm³/mol. The quantitative estimate of drug-likeness (QED) is 0.368. The Labute approximate surface area is 114 Å². The Bertz CT molecular complexity index is 506. The summed E-state index contributed by atoms with van der Waals surface area (Å²) in [6, 6.07) is 3.23. The predicted octanol–water partition coefficient (Wildman–Crippen LogP) is 3.07. The molecule has 19 heavy (non-hydrogen) atoms. The lowest BCUT2D eigenvalue weighted by Crippen LogP contribution is -2.20. The zero-order valence-corrected chi connectivity index (χ0v) is 13.0. The summed E-state index contributed by atoms with van der Waals surface area (Å²) in [5.41, 5.74) is 0.308. The molecule has 0 aliphatic carbocycles. The summed E-state index contributed by atoms with van der Waals surface area (Å²) in [4.78, 5) is 21.7. The van der Waals surface area contributed by atoms with Gasteiger partial charge in [0.25, 0.3) is 0 Å². The smallest absolute Gasteiger partial charge is 0.320 e. The average Bonchev–Trinajstić information content (AvgIpc) is 2.25. The minimum atomic E-state index is -1.52. The van der Waals surface area contributed by atoms with Gasteiger partial charge in [-0.2, -0.15) is 0 Å².